The molecule has 0 saturated carbocycles. The van der Waals surface area contributed by atoms with Crippen LogP contribution in [0.2, 0.25) is 0 Å². The molecule has 1 amide bonds. The van der Waals surface area contributed by atoms with Crippen molar-refractivity contribution in [3.05, 3.63) is 4.88 Å². The Morgan fingerprint density at radius 3 is 2.45 bits per heavy atom. The van der Waals surface area contributed by atoms with Gasteiger partial charge in [0.15, 0.2) is 5.13 Å². The molecule has 1 aromatic heterocycles. The second-order valence-electron chi connectivity index (χ2n) is 5.50. The molecule has 2 N–H and O–H groups in total. The minimum absolute atomic E-state index is 0.0403. The first kappa shape index (κ1) is 13.6. The normalized spacial score (nSPS) is 20.6. The molecule has 7 heteroatoms. The average molecular weight is 295 g/mol. The molecule has 0 atom stereocenters. The van der Waals surface area contributed by atoms with Crippen LogP contribution in [0.4, 0.5) is 10.9 Å². The van der Waals surface area contributed by atoms with Crippen LogP contribution in [0.25, 0.3) is 0 Å². The number of likely N-dealkylation sites (N-methyl/N-ethyl adjacent to an activating group) is 1. The van der Waals surface area contributed by atoms with Crippen LogP contribution in [0.5, 0.6) is 0 Å². The summed E-state index contributed by atoms with van der Waals surface area (Å²) in [5, 5.41) is 0.900. The van der Waals surface area contributed by atoms with Crippen molar-refractivity contribution in [1.82, 2.24) is 14.8 Å². The molecular formula is C13H21N5OS. The number of nitrogen functional groups attached to an aromatic ring is 1. The summed E-state index contributed by atoms with van der Waals surface area (Å²) in [6, 6.07) is 0. The van der Waals surface area contributed by atoms with E-state index in [0.29, 0.717) is 10.7 Å². The smallest absolute Gasteiger partial charge is 0.267 e. The van der Waals surface area contributed by atoms with E-state index in [0.717, 1.165) is 44.4 Å². The number of piperazine rings is 1. The Labute approximate surface area is 123 Å². The highest BCUT2D eigenvalue weighted by Crippen LogP contribution is 2.31. The monoisotopic (exact) mass is 295 g/mol. The number of hydrogen-bond donors (Lipinski definition) is 1. The van der Waals surface area contributed by atoms with Gasteiger partial charge in [0, 0.05) is 39.3 Å². The lowest BCUT2D eigenvalue weighted by Crippen LogP contribution is -2.47. The van der Waals surface area contributed by atoms with Crippen molar-refractivity contribution in [2.24, 2.45) is 0 Å². The summed E-state index contributed by atoms with van der Waals surface area (Å²) < 4.78 is 0. The SMILES string of the molecule is CN1CCN(C(=O)c2sc(N3CCCC3)nc2N)CC1. The molecule has 1 aromatic rings. The van der Waals surface area contributed by atoms with Gasteiger partial charge in [0.2, 0.25) is 0 Å². The van der Waals surface area contributed by atoms with Crippen LogP contribution in [0.15, 0.2) is 0 Å². The largest absolute Gasteiger partial charge is 0.382 e. The topological polar surface area (TPSA) is 65.7 Å². The van der Waals surface area contributed by atoms with Gasteiger partial charge in [-0.2, -0.15) is 0 Å². The number of anilines is 2. The number of thiazole rings is 1. The van der Waals surface area contributed by atoms with Gasteiger partial charge in [-0.3, -0.25) is 4.79 Å². The number of hydrogen-bond acceptors (Lipinski definition) is 6. The number of aromatic nitrogens is 1. The van der Waals surface area contributed by atoms with Crippen LogP contribution in [0, 0.1) is 0 Å². The van der Waals surface area contributed by atoms with Crippen molar-refractivity contribution in [2.45, 2.75) is 12.8 Å². The Morgan fingerprint density at radius 2 is 1.80 bits per heavy atom. The predicted octanol–water partition coefficient (Wildman–Crippen LogP) is 0.713. The van der Waals surface area contributed by atoms with E-state index in [2.05, 4.69) is 21.8 Å². The Morgan fingerprint density at radius 1 is 1.15 bits per heavy atom. The third-order valence-electron chi connectivity index (χ3n) is 4.00. The maximum Gasteiger partial charge on any atom is 0.267 e. The van der Waals surface area contributed by atoms with Crippen LogP contribution >= 0.6 is 11.3 Å². The number of amides is 1. The molecule has 0 bridgehead atoms. The predicted molar refractivity (Wildman–Crippen MR) is 81.4 cm³/mol. The van der Waals surface area contributed by atoms with E-state index in [9.17, 15) is 4.79 Å². The fourth-order valence-electron chi connectivity index (χ4n) is 2.67. The second-order valence-corrected chi connectivity index (χ2v) is 6.48. The van der Waals surface area contributed by atoms with Gasteiger partial charge in [-0.25, -0.2) is 4.98 Å². The Kier molecular flexibility index (Phi) is 3.80. The number of nitrogens with two attached hydrogens (primary N) is 1. The lowest BCUT2D eigenvalue weighted by molar-refractivity contribution is 0.0670. The molecule has 0 aromatic carbocycles. The van der Waals surface area contributed by atoms with Crippen molar-refractivity contribution in [3.63, 3.8) is 0 Å². The van der Waals surface area contributed by atoms with Gasteiger partial charge in [-0.15, -0.1) is 0 Å². The van der Waals surface area contributed by atoms with Crippen molar-refractivity contribution in [3.8, 4) is 0 Å². The molecule has 0 radical (unpaired) electrons. The number of rotatable bonds is 2. The highest BCUT2D eigenvalue weighted by molar-refractivity contribution is 7.18. The van der Waals surface area contributed by atoms with E-state index in [1.807, 2.05) is 4.90 Å². The van der Waals surface area contributed by atoms with Crippen molar-refractivity contribution < 1.29 is 4.79 Å². The second kappa shape index (κ2) is 5.57. The third kappa shape index (κ3) is 2.60. The quantitative estimate of drug-likeness (QED) is 0.870. The fraction of sp³-hybridized carbons (Fsp3) is 0.692. The summed E-state index contributed by atoms with van der Waals surface area (Å²) in [7, 11) is 2.08. The van der Waals surface area contributed by atoms with Crippen LogP contribution in [0.1, 0.15) is 22.5 Å². The van der Waals surface area contributed by atoms with E-state index in [1.165, 1.54) is 24.2 Å². The highest BCUT2D eigenvalue weighted by Gasteiger charge is 2.26. The molecular weight excluding hydrogens is 274 g/mol. The van der Waals surface area contributed by atoms with Crippen LogP contribution < -0.4 is 10.6 Å². The number of nitrogens with zero attached hydrogens (tertiary/aromatic N) is 4. The molecule has 2 aliphatic heterocycles. The lowest BCUT2D eigenvalue weighted by Gasteiger charge is -2.32. The first-order valence-corrected chi connectivity index (χ1v) is 7.96. The van der Waals surface area contributed by atoms with Gasteiger partial charge in [0.1, 0.15) is 10.7 Å². The number of carbonyl (C=O) groups excluding carboxylic acids is 1. The van der Waals surface area contributed by atoms with E-state index < -0.39 is 0 Å². The van der Waals surface area contributed by atoms with E-state index >= 15 is 0 Å². The van der Waals surface area contributed by atoms with E-state index in [-0.39, 0.29) is 5.91 Å². The molecule has 3 heterocycles. The van der Waals surface area contributed by atoms with Gasteiger partial charge in [-0.1, -0.05) is 11.3 Å². The van der Waals surface area contributed by atoms with Gasteiger partial charge in [0.05, 0.1) is 0 Å². The van der Waals surface area contributed by atoms with Gasteiger partial charge in [-0.05, 0) is 19.9 Å². The van der Waals surface area contributed by atoms with Crippen LogP contribution in [0.3, 0.4) is 0 Å². The Hall–Kier alpha value is -1.34. The first-order valence-electron chi connectivity index (χ1n) is 7.14. The molecule has 20 heavy (non-hydrogen) atoms. The molecule has 110 valence electrons. The molecule has 0 spiro atoms. The first-order chi connectivity index (χ1) is 9.65. The summed E-state index contributed by atoms with van der Waals surface area (Å²) in [5.74, 6) is 0.430. The summed E-state index contributed by atoms with van der Waals surface area (Å²) in [4.78, 5) is 23.9. The molecule has 2 saturated heterocycles. The zero-order valence-corrected chi connectivity index (χ0v) is 12.7. The highest BCUT2D eigenvalue weighted by atomic mass is 32.1. The maximum absolute atomic E-state index is 12.5. The van der Waals surface area contributed by atoms with E-state index in [1.54, 1.807) is 0 Å². The molecule has 0 unspecified atom stereocenters. The minimum Gasteiger partial charge on any atom is -0.382 e. The molecule has 3 rings (SSSR count). The maximum atomic E-state index is 12.5. The van der Waals surface area contributed by atoms with Crippen molar-refractivity contribution in [2.75, 3.05) is 56.9 Å². The van der Waals surface area contributed by atoms with Gasteiger partial charge < -0.3 is 20.4 Å². The lowest BCUT2D eigenvalue weighted by atomic mass is 10.3. The standard InChI is InChI=1S/C13H21N5OS/c1-16-6-8-17(9-7-16)12(19)10-11(14)15-13(20-10)18-4-2-3-5-18/h2-9,14H2,1H3. The van der Waals surface area contributed by atoms with Crippen molar-refractivity contribution >= 4 is 28.2 Å². The summed E-state index contributed by atoms with van der Waals surface area (Å²) in [6.45, 7) is 5.43. The van der Waals surface area contributed by atoms with Crippen molar-refractivity contribution in [1.29, 1.82) is 0 Å². The van der Waals surface area contributed by atoms with E-state index in [4.69, 9.17) is 5.73 Å². The van der Waals surface area contributed by atoms with Crippen LogP contribution in [-0.4, -0.2) is 67.0 Å². The fourth-order valence-corrected chi connectivity index (χ4v) is 3.68. The molecule has 2 aliphatic rings. The minimum atomic E-state index is 0.0403. The zero-order valence-electron chi connectivity index (χ0n) is 11.8. The summed E-state index contributed by atoms with van der Waals surface area (Å²) in [5.41, 5.74) is 5.96. The molecule has 2 fully saturated rings. The van der Waals surface area contributed by atoms with Gasteiger partial charge in [0.25, 0.3) is 5.91 Å². The average Bonchev–Trinajstić information content (AvgIpc) is 3.08. The van der Waals surface area contributed by atoms with Crippen LogP contribution in [-0.2, 0) is 0 Å². The molecule has 6 nitrogen and oxygen atoms in total. The Bertz CT molecular complexity index is 489. The molecule has 0 aliphatic carbocycles. The summed E-state index contributed by atoms with van der Waals surface area (Å²) in [6.07, 6.45) is 2.39. The summed E-state index contributed by atoms with van der Waals surface area (Å²) >= 11 is 1.44. The third-order valence-corrected chi connectivity index (χ3v) is 5.12. The Balaban J connectivity index is 1.74. The zero-order chi connectivity index (χ0) is 14.1. The number of carbonyl (C=O) groups is 1. The van der Waals surface area contributed by atoms with Gasteiger partial charge >= 0.3 is 0 Å².